The van der Waals surface area contributed by atoms with E-state index in [9.17, 15) is 19.5 Å². The Hall–Kier alpha value is -7.25. The molecule has 6 aromatic rings. The molecular formula is C51H52N8O8S2. The van der Waals surface area contributed by atoms with Crippen LogP contribution in [0.4, 0.5) is 16.2 Å². The van der Waals surface area contributed by atoms with Gasteiger partial charge in [0, 0.05) is 28.3 Å². The van der Waals surface area contributed by atoms with Gasteiger partial charge in [0.1, 0.15) is 43.7 Å². The third-order valence-corrected chi connectivity index (χ3v) is 13.0. The molecule has 3 N–H and O–H groups in total. The lowest BCUT2D eigenvalue weighted by atomic mass is 10.0. The average Bonchev–Trinajstić information content (AvgIpc) is 4.14. The van der Waals surface area contributed by atoms with Crippen LogP contribution in [0.25, 0.3) is 52.0 Å². The molecule has 0 spiro atoms. The summed E-state index contributed by atoms with van der Waals surface area (Å²) < 4.78 is 17.0. The number of benzene rings is 4. The van der Waals surface area contributed by atoms with Crippen molar-refractivity contribution in [1.82, 2.24) is 30.6 Å². The molecule has 0 unspecified atom stereocenters. The monoisotopic (exact) mass is 968 g/mol. The van der Waals surface area contributed by atoms with Crippen molar-refractivity contribution in [2.75, 3.05) is 13.1 Å². The zero-order chi connectivity index (χ0) is 49.6. The minimum Gasteiger partial charge on any atom is -0.502 e. The second-order valence-electron chi connectivity index (χ2n) is 17.9. The summed E-state index contributed by atoms with van der Waals surface area (Å²) >= 11 is 2.90. The van der Waals surface area contributed by atoms with Crippen LogP contribution < -0.4 is 14.8 Å². The summed E-state index contributed by atoms with van der Waals surface area (Å²) in [6.07, 6.45) is 2.26. The van der Waals surface area contributed by atoms with Crippen LogP contribution in [0.3, 0.4) is 0 Å². The second-order valence-corrected chi connectivity index (χ2v) is 19.9. The first-order valence-electron chi connectivity index (χ1n) is 22.4. The molecule has 0 saturated carbocycles. The van der Waals surface area contributed by atoms with Crippen LogP contribution in [0.2, 0.25) is 0 Å². The molecule has 356 valence electrons. The first-order chi connectivity index (χ1) is 32.9. The Labute approximate surface area is 408 Å². The summed E-state index contributed by atoms with van der Waals surface area (Å²) in [6, 6.07) is 22.3. The standard InChI is InChI=1S/C28H30N4O5S.C23H22N4O3S/c1-16(2)36-23-13-10-17(14-21(23)29-6)25-30-31-26(38-25)20-9-7-8-19-18(20)11-12-22(19)32(15-24(33)34)27(35)37-28(3,4)5;1-13(2)30-20-10-7-14(11-19(20)24-3)22-26-27-23(31-22)17-6-4-5-16-15(17)8-9-18(16)25-12-21(28)29/h7-10,13-14,16,22H,11-12,15H2,1-5H3,(H,33,34);4-7,10-11,13,18,25H,8-9,12H2,1-2H3,(H,28,29)/t22-;18-/m11/s1. The number of carbonyl (C=O) groups excluding carboxylic acids is 1. The molecule has 69 heavy (non-hydrogen) atoms. The number of nitrogens with zero attached hydrogens (tertiary/aromatic N) is 7. The number of aromatic nitrogens is 4. The Morgan fingerprint density at radius 3 is 1.70 bits per heavy atom. The van der Waals surface area contributed by atoms with Gasteiger partial charge in [0.25, 0.3) is 0 Å². The minimum atomic E-state index is -1.10. The molecule has 2 aromatic heterocycles. The number of hydrogen-bond donors (Lipinski definition) is 3. The highest BCUT2D eigenvalue weighted by Crippen LogP contribution is 2.44. The van der Waals surface area contributed by atoms with Gasteiger partial charge in [-0.2, -0.15) is 0 Å². The van der Waals surface area contributed by atoms with Crippen LogP contribution in [-0.2, 0) is 27.2 Å². The van der Waals surface area contributed by atoms with Gasteiger partial charge in [-0.3, -0.25) is 14.5 Å². The highest BCUT2D eigenvalue weighted by atomic mass is 32.1. The third-order valence-electron chi connectivity index (χ3n) is 11.0. The molecular weight excluding hydrogens is 917 g/mol. The molecule has 4 aromatic carbocycles. The van der Waals surface area contributed by atoms with Crippen LogP contribution >= 0.6 is 22.7 Å². The Morgan fingerprint density at radius 1 is 0.725 bits per heavy atom. The van der Waals surface area contributed by atoms with E-state index in [0.29, 0.717) is 45.7 Å². The maximum atomic E-state index is 12.9. The fraction of sp³-hybridized carbons (Fsp3) is 0.353. The predicted octanol–water partition coefficient (Wildman–Crippen LogP) is 11.4. The van der Waals surface area contributed by atoms with Gasteiger partial charge in [-0.1, -0.05) is 71.2 Å². The largest absolute Gasteiger partial charge is 0.502 e. The van der Waals surface area contributed by atoms with Gasteiger partial charge in [-0.05, 0) is 121 Å². The predicted molar refractivity (Wildman–Crippen MR) is 264 cm³/mol. The number of ether oxygens (including phenoxy) is 3. The first-order valence-corrected chi connectivity index (χ1v) is 24.0. The van der Waals surface area contributed by atoms with Gasteiger partial charge in [-0.25, -0.2) is 14.5 Å². The fourth-order valence-corrected chi connectivity index (χ4v) is 10.1. The van der Waals surface area contributed by atoms with Gasteiger partial charge in [-0.15, -0.1) is 20.4 Å². The maximum absolute atomic E-state index is 12.9. The Bertz CT molecular complexity index is 2960. The van der Waals surface area contributed by atoms with E-state index in [1.165, 1.54) is 33.1 Å². The van der Waals surface area contributed by atoms with Crippen molar-refractivity contribution in [2.45, 2.75) is 104 Å². The van der Waals surface area contributed by atoms with Gasteiger partial charge in [0.05, 0.1) is 37.9 Å². The summed E-state index contributed by atoms with van der Waals surface area (Å²) in [6.45, 7) is 27.4. The van der Waals surface area contributed by atoms with Crippen molar-refractivity contribution >= 4 is 52.1 Å². The maximum Gasteiger partial charge on any atom is 0.411 e. The van der Waals surface area contributed by atoms with Crippen molar-refractivity contribution in [3.8, 4) is 53.8 Å². The van der Waals surface area contributed by atoms with Crippen LogP contribution in [0, 0.1) is 13.1 Å². The summed E-state index contributed by atoms with van der Waals surface area (Å²) in [5.41, 5.74) is 7.89. The Kier molecular flexibility index (Phi) is 15.4. The molecule has 18 heteroatoms. The zero-order valence-corrected chi connectivity index (χ0v) is 40.9. The molecule has 2 heterocycles. The minimum absolute atomic E-state index is 0.00604. The normalized spacial score (nSPS) is 14.8. The number of amides is 1. The Morgan fingerprint density at radius 2 is 1.22 bits per heavy atom. The van der Waals surface area contributed by atoms with Crippen LogP contribution in [0.5, 0.6) is 11.5 Å². The third kappa shape index (κ3) is 11.9. The smallest absolute Gasteiger partial charge is 0.411 e. The van der Waals surface area contributed by atoms with E-state index in [1.54, 1.807) is 39.0 Å². The second kappa shape index (κ2) is 21.4. The molecule has 1 amide bonds. The van der Waals surface area contributed by atoms with E-state index in [0.717, 1.165) is 61.8 Å². The molecule has 2 aliphatic rings. The molecule has 0 fully saturated rings. The lowest BCUT2D eigenvalue weighted by Crippen LogP contribution is -2.41. The lowest BCUT2D eigenvalue weighted by Gasteiger charge is -2.31. The average molecular weight is 969 g/mol. The number of carboxylic acids is 2. The van der Waals surface area contributed by atoms with E-state index < -0.39 is 36.2 Å². The number of carboxylic acid groups (broad SMARTS) is 2. The van der Waals surface area contributed by atoms with Gasteiger partial charge in [0.2, 0.25) is 11.4 Å². The number of carbonyl (C=O) groups is 3. The molecule has 2 atom stereocenters. The summed E-state index contributed by atoms with van der Waals surface area (Å²) in [5, 5.41) is 42.1. The van der Waals surface area contributed by atoms with Crippen LogP contribution in [-0.4, -0.2) is 84.4 Å². The van der Waals surface area contributed by atoms with Crippen LogP contribution in [0.15, 0.2) is 72.8 Å². The summed E-state index contributed by atoms with van der Waals surface area (Å²) in [4.78, 5) is 43.9. The van der Waals surface area contributed by atoms with E-state index in [-0.39, 0.29) is 24.8 Å². The van der Waals surface area contributed by atoms with E-state index >= 15 is 0 Å². The summed E-state index contributed by atoms with van der Waals surface area (Å²) in [7, 11) is 0. The van der Waals surface area contributed by atoms with Crippen LogP contribution in [0.1, 0.15) is 95.6 Å². The number of fused-ring (bicyclic) bond motifs is 2. The number of hydrogen-bond acceptors (Lipinski definition) is 13. The van der Waals surface area contributed by atoms with Crippen molar-refractivity contribution in [3.05, 3.63) is 118 Å². The molecule has 0 saturated heterocycles. The first kappa shape index (κ1) is 49.6. The zero-order valence-electron chi connectivity index (χ0n) is 39.3. The van der Waals surface area contributed by atoms with E-state index in [4.69, 9.17) is 32.5 Å². The van der Waals surface area contributed by atoms with Crippen molar-refractivity contribution in [1.29, 1.82) is 0 Å². The topological polar surface area (TPSA) is 195 Å². The van der Waals surface area contributed by atoms with Gasteiger partial charge < -0.3 is 29.7 Å². The molecule has 0 bridgehead atoms. The van der Waals surface area contributed by atoms with Crippen molar-refractivity contribution < 1.29 is 38.8 Å². The quantitative estimate of drug-likeness (QED) is 0.0873. The molecule has 0 aliphatic heterocycles. The summed E-state index contributed by atoms with van der Waals surface area (Å²) in [5.74, 6) is -0.856. The SMILES string of the molecule is [C-]#[N+]c1cc(-c2nnc(-c3cccc4c3CC[C@H]4N(CC(=O)O)C(=O)OC(C)(C)C)s2)ccc1OC(C)C.[C-]#[N+]c1cc(-c2nnc(-c3cccc4c3CC[C@H]4NCC(=O)O)s2)ccc1OC(C)C. The number of rotatable bonds is 14. The highest BCUT2D eigenvalue weighted by Gasteiger charge is 2.36. The Balaban J connectivity index is 0.000000208. The van der Waals surface area contributed by atoms with E-state index in [2.05, 4.69) is 35.4 Å². The fourth-order valence-electron chi connectivity index (χ4n) is 8.28. The highest BCUT2D eigenvalue weighted by molar-refractivity contribution is 7.18. The van der Waals surface area contributed by atoms with Gasteiger partial charge >= 0.3 is 18.0 Å². The van der Waals surface area contributed by atoms with Crippen molar-refractivity contribution in [3.63, 3.8) is 0 Å². The van der Waals surface area contributed by atoms with E-state index in [1.807, 2.05) is 82.3 Å². The molecule has 8 rings (SSSR count). The molecule has 0 radical (unpaired) electrons. The van der Waals surface area contributed by atoms with Gasteiger partial charge in [0.15, 0.2) is 0 Å². The number of aliphatic carboxylic acids is 2. The number of nitrogens with one attached hydrogen (secondary N) is 1. The molecule has 16 nitrogen and oxygen atoms in total. The van der Waals surface area contributed by atoms with Crippen molar-refractivity contribution in [2.24, 2.45) is 0 Å². The molecule has 2 aliphatic carbocycles. The lowest BCUT2D eigenvalue weighted by molar-refractivity contribution is -0.139.